The van der Waals surface area contributed by atoms with Crippen LogP contribution < -0.4 is 5.32 Å². The Balaban J connectivity index is 1.38. The van der Waals surface area contributed by atoms with Crippen molar-refractivity contribution in [3.05, 3.63) is 47.8 Å². The predicted molar refractivity (Wildman–Crippen MR) is 109 cm³/mol. The third kappa shape index (κ3) is 3.88. The molecule has 0 radical (unpaired) electrons. The Kier molecular flexibility index (Phi) is 5.32. The van der Waals surface area contributed by atoms with Crippen LogP contribution in [-0.4, -0.2) is 43.0 Å². The molecule has 4 rings (SSSR count). The number of piperidine rings is 1. The molecule has 1 aliphatic rings. The van der Waals surface area contributed by atoms with E-state index in [0.717, 1.165) is 49.2 Å². The quantitative estimate of drug-likeness (QED) is 0.711. The summed E-state index contributed by atoms with van der Waals surface area (Å²) in [5.74, 6) is 0.795. The van der Waals surface area contributed by atoms with Gasteiger partial charge in [0.1, 0.15) is 5.82 Å². The molecule has 1 saturated heterocycles. The van der Waals surface area contributed by atoms with E-state index in [1.165, 1.54) is 17.5 Å². The predicted octanol–water partition coefficient (Wildman–Crippen LogP) is 3.53. The third-order valence-corrected chi connectivity index (χ3v) is 5.80. The number of imidazole rings is 2. The first-order chi connectivity index (χ1) is 13.6. The van der Waals surface area contributed by atoms with Crippen LogP contribution in [0.25, 0.3) is 11.0 Å². The molecule has 7 heteroatoms. The Bertz CT molecular complexity index is 945. The molecule has 0 bridgehead atoms. The second kappa shape index (κ2) is 8.04. The molecule has 2 amide bonds. The van der Waals surface area contributed by atoms with E-state index >= 15 is 0 Å². The SMILES string of the molecule is Cc1ccc2[nH]c(CNC(=O)N3CCCCC3CCn3ccnc3)nc2c1C. The van der Waals surface area contributed by atoms with Crippen molar-refractivity contribution in [2.75, 3.05) is 6.54 Å². The fourth-order valence-electron chi connectivity index (χ4n) is 3.99. The highest BCUT2D eigenvalue weighted by Gasteiger charge is 2.26. The van der Waals surface area contributed by atoms with Crippen LogP contribution in [0.4, 0.5) is 4.79 Å². The number of nitrogens with zero attached hydrogens (tertiary/aromatic N) is 4. The molecule has 3 heterocycles. The summed E-state index contributed by atoms with van der Waals surface area (Å²) in [4.78, 5) is 26.9. The van der Waals surface area contributed by atoms with Crippen molar-refractivity contribution in [3.63, 3.8) is 0 Å². The number of amides is 2. The number of hydrogen-bond donors (Lipinski definition) is 2. The molecule has 0 spiro atoms. The van der Waals surface area contributed by atoms with Crippen LogP contribution in [0.15, 0.2) is 30.9 Å². The Hall–Kier alpha value is -2.83. The Morgan fingerprint density at radius 3 is 3.04 bits per heavy atom. The number of rotatable bonds is 5. The molecule has 0 saturated carbocycles. The fraction of sp³-hybridized carbons (Fsp3) is 0.476. The minimum Gasteiger partial charge on any atom is -0.340 e. The Morgan fingerprint density at radius 2 is 2.21 bits per heavy atom. The molecule has 2 aromatic heterocycles. The van der Waals surface area contributed by atoms with Crippen molar-refractivity contribution < 1.29 is 4.79 Å². The standard InChI is InChI=1S/C21H28N6O/c1-15-6-7-18-20(16(15)2)25-19(24-18)13-23-21(28)27-10-4-3-5-17(27)8-11-26-12-9-22-14-26/h6-7,9,12,14,17H,3-5,8,10-11,13H2,1-2H3,(H,23,28)(H,24,25). The molecule has 0 aliphatic carbocycles. The van der Waals surface area contributed by atoms with Gasteiger partial charge < -0.3 is 19.8 Å². The van der Waals surface area contributed by atoms with Gasteiger partial charge in [0.2, 0.25) is 0 Å². The molecule has 1 unspecified atom stereocenters. The molecule has 1 fully saturated rings. The summed E-state index contributed by atoms with van der Waals surface area (Å²) in [6.07, 6.45) is 9.86. The summed E-state index contributed by atoms with van der Waals surface area (Å²) < 4.78 is 2.07. The zero-order valence-corrected chi connectivity index (χ0v) is 16.6. The molecule has 1 atom stereocenters. The van der Waals surface area contributed by atoms with Gasteiger partial charge in [-0.25, -0.2) is 14.8 Å². The number of benzene rings is 1. The number of aromatic amines is 1. The van der Waals surface area contributed by atoms with E-state index in [-0.39, 0.29) is 12.1 Å². The minimum absolute atomic E-state index is 0.00342. The van der Waals surface area contributed by atoms with Crippen LogP contribution in [0.3, 0.4) is 0 Å². The largest absolute Gasteiger partial charge is 0.340 e. The van der Waals surface area contributed by atoms with Gasteiger partial charge in [0, 0.05) is 31.5 Å². The van der Waals surface area contributed by atoms with Crippen LogP contribution in [0.5, 0.6) is 0 Å². The molecule has 7 nitrogen and oxygen atoms in total. The van der Waals surface area contributed by atoms with Gasteiger partial charge in [0.25, 0.3) is 0 Å². The van der Waals surface area contributed by atoms with E-state index in [9.17, 15) is 4.79 Å². The van der Waals surface area contributed by atoms with Crippen LogP contribution in [0, 0.1) is 13.8 Å². The summed E-state index contributed by atoms with van der Waals surface area (Å²) >= 11 is 0. The number of carbonyl (C=O) groups is 1. The fourth-order valence-corrected chi connectivity index (χ4v) is 3.99. The topological polar surface area (TPSA) is 78.8 Å². The van der Waals surface area contributed by atoms with E-state index < -0.39 is 0 Å². The molecular formula is C21H28N6O. The number of likely N-dealkylation sites (tertiary alicyclic amines) is 1. The van der Waals surface area contributed by atoms with E-state index in [1.54, 1.807) is 6.20 Å². The summed E-state index contributed by atoms with van der Waals surface area (Å²) in [5.41, 5.74) is 4.41. The zero-order chi connectivity index (χ0) is 19.5. The number of urea groups is 1. The summed E-state index contributed by atoms with van der Waals surface area (Å²) in [7, 11) is 0. The van der Waals surface area contributed by atoms with Crippen molar-refractivity contribution in [3.8, 4) is 0 Å². The van der Waals surface area contributed by atoms with E-state index in [4.69, 9.17) is 0 Å². The number of hydrogen-bond acceptors (Lipinski definition) is 3. The first-order valence-electron chi connectivity index (χ1n) is 10.1. The van der Waals surface area contributed by atoms with Gasteiger partial charge >= 0.3 is 6.03 Å². The number of nitrogens with one attached hydrogen (secondary N) is 2. The van der Waals surface area contributed by atoms with Gasteiger partial charge in [0.05, 0.1) is 23.9 Å². The molecule has 3 aromatic rings. The lowest BCUT2D eigenvalue weighted by Gasteiger charge is -2.35. The maximum Gasteiger partial charge on any atom is 0.318 e. The lowest BCUT2D eigenvalue weighted by molar-refractivity contribution is 0.143. The molecule has 1 aromatic carbocycles. The average molecular weight is 380 g/mol. The van der Waals surface area contributed by atoms with E-state index in [1.807, 2.05) is 23.5 Å². The van der Waals surface area contributed by atoms with Crippen molar-refractivity contribution in [2.24, 2.45) is 0 Å². The van der Waals surface area contributed by atoms with Crippen LogP contribution in [0.2, 0.25) is 0 Å². The number of carbonyl (C=O) groups excluding carboxylic acids is 1. The van der Waals surface area contributed by atoms with Gasteiger partial charge in [-0.2, -0.15) is 0 Å². The zero-order valence-electron chi connectivity index (χ0n) is 16.6. The highest BCUT2D eigenvalue weighted by atomic mass is 16.2. The summed E-state index contributed by atoms with van der Waals surface area (Å²) in [6.45, 7) is 6.29. The molecule has 1 aliphatic heterocycles. The van der Waals surface area contributed by atoms with Gasteiger partial charge in [-0.3, -0.25) is 0 Å². The maximum atomic E-state index is 12.8. The first kappa shape index (κ1) is 18.5. The monoisotopic (exact) mass is 380 g/mol. The molecular weight excluding hydrogens is 352 g/mol. The third-order valence-electron chi connectivity index (χ3n) is 5.80. The molecule has 28 heavy (non-hydrogen) atoms. The maximum absolute atomic E-state index is 12.8. The van der Waals surface area contributed by atoms with Crippen molar-refractivity contribution >= 4 is 17.1 Å². The van der Waals surface area contributed by atoms with Crippen LogP contribution >= 0.6 is 0 Å². The van der Waals surface area contributed by atoms with Gasteiger partial charge in [-0.15, -0.1) is 0 Å². The molecule has 148 valence electrons. The number of fused-ring (bicyclic) bond motifs is 1. The summed E-state index contributed by atoms with van der Waals surface area (Å²) in [5, 5.41) is 3.06. The van der Waals surface area contributed by atoms with Crippen LogP contribution in [0.1, 0.15) is 42.6 Å². The highest BCUT2D eigenvalue weighted by Crippen LogP contribution is 2.21. The average Bonchev–Trinajstić information content (AvgIpc) is 3.37. The van der Waals surface area contributed by atoms with Crippen LogP contribution in [-0.2, 0) is 13.1 Å². The van der Waals surface area contributed by atoms with Gasteiger partial charge in [0.15, 0.2) is 0 Å². The normalized spacial score (nSPS) is 17.2. The summed E-state index contributed by atoms with van der Waals surface area (Å²) in [6, 6.07) is 4.42. The lowest BCUT2D eigenvalue weighted by atomic mass is 10.00. The second-order valence-corrected chi connectivity index (χ2v) is 7.68. The van der Waals surface area contributed by atoms with E-state index in [0.29, 0.717) is 6.54 Å². The minimum atomic E-state index is 0.00342. The Morgan fingerprint density at radius 1 is 1.32 bits per heavy atom. The van der Waals surface area contributed by atoms with E-state index in [2.05, 4.69) is 44.7 Å². The number of H-pyrrole nitrogens is 1. The van der Waals surface area contributed by atoms with Gasteiger partial charge in [-0.1, -0.05) is 6.07 Å². The number of aryl methyl sites for hydroxylation is 3. The smallest absolute Gasteiger partial charge is 0.318 e. The van der Waals surface area contributed by atoms with Crippen molar-refractivity contribution in [1.82, 2.24) is 29.7 Å². The second-order valence-electron chi connectivity index (χ2n) is 7.68. The number of aromatic nitrogens is 4. The Labute approximate surface area is 165 Å². The van der Waals surface area contributed by atoms with Crippen molar-refractivity contribution in [2.45, 2.75) is 58.7 Å². The van der Waals surface area contributed by atoms with Gasteiger partial charge in [-0.05, 0) is 56.7 Å². The first-order valence-corrected chi connectivity index (χ1v) is 10.1. The van der Waals surface area contributed by atoms with Crippen molar-refractivity contribution in [1.29, 1.82) is 0 Å². The lowest BCUT2D eigenvalue weighted by Crippen LogP contribution is -2.48. The highest BCUT2D eigenvalue weighted by molar-refractivity contribution is 5.80. The molecule has 2 N–H and O–H groups in total.